The van der Waals surface area contributed by atoms with Gasteiger partial charge in [0.15, 0.2) is 5.78 Å². The number of hydrogen-bond donors (Lipinski definition) is 0. The first-order valence-corrected chi connectivity index (χ1v) is 5.92. The number of carbonyl (C=O) groups is 2. The summed E-state index contributed by atoms with van der Waals surface area (Å²) in [4.78, 5) is 24.0. The van der Waals surface area contributed by atoms with E-state index >= 15 is 0 Å². The van der Waals surface area contributed by atoms with Crippen molar-refractivity contribution in [1.82, 2.24) is 0 Å². The van der Waals surface area contributed by atoms with E-state index in [1.165, 1.54) is 0 Å². The normalized spacial score (nSPS) is 35.0. The summed E-state index contributed by atoms with van der Waals surface area (Å²) in [6.45, 7) is 2.17. The Morgan fingerprint density at radius 2 is 2.00 bits per heavy atom. The molecule has 0 aromatic carbocycles. The second-order valence-electron chi connectivity index (χ2n) is 4.65. The highest BCUT2D eigenvalue weighted by atomic mass is 16.5. The standard InChI is InChI=1S/C12H18O3/c1-2-15-11(14)12-7-3-5-9(10(12)13)6-4-8-12/h9H,2-8H2,1H3. The van der Waals surface area contributed by atoms with Gasteiger partial charge in [0.25, 0.3) is 0 Å². The van der Waals surface area contributed by atoms with Gasteiger partial charge in [-0.2, -0.15) is 0 Å². The van der Waals surface area contributed by atoms with Crippen molar-refractivity contribution >= 4 is 11.8 Å². The molecule has 0 aromatic heterocycles. The fourth-order valence-electron chi connectivity index (χ4n) is 3.04. The molecule has 2 fully saturated rings. The molecule has 15 heavy (non-hydrogen) atoms. The summed E-state index contributed by atoms with van der Waals surface area (Å²) in [5, 5.41) is 0. The molecule has 3 heteroatoms. The van der Waals surface area contributed by atoms with Crippen LogP contribution in [0.1, 0.15) is 45.4 Å². The predicted molar refractivity (Wildman–Crippen MR) is 55.3 cm³/mol. The molecule has 0 radical (unpaired) electrons. The van der Waals surface area contributed by atoms with Crippen molar-refractivity contribution in [2.24, 2.45) is 11.3 Å². The van der Waals surface area contributed by atoms with Gasteiger partial charge in [0.2, 0.25) is 0 Å². The maximum Gasteiger partial charge on any atom is 0.319 e. The van der Waals surface area contributed by atoms with Gasteiger partial charge in [0.05, 0.1) is 6.61 Å². The average Bonchev–Trinajstić information content (AvgIpc) is 2.18. The molecule has 0 heterocycles. The number of rotatable bonds is 2. The first-order chi connectivity index (χ1) is 7.20. The minimum Gasteiger partial charge on any atom is -0.465 e. The highest BCUT2D eigenvalue weighted by Crippen LogP contribution is 2.46. The summed E-state index contributed by atoms with van der Waals surface area (Å²) in [6, 6.07) is 0. The lowest BCUT2D eigenvalue weighted by molar-refractivity contribution is -0.167. The van der Waals surface area contributed by atoms with Crippen LogP contribution in [0.5, 0.6) is 0 Å². The van der Waals surface area contributed by atoms with Crippen molar-refractivity contribution in [2.75, 3.05) is 6.61 Å². The van der Waals surface area contributed by atoms with E-state index in [9.17, 15) is 9.59 Å². The second-order valence-corrected chi connectivity index (χ2v) is 4.65. The topological polar surface area (TPSA) is 43.4 Å². The van der Waals surface area contributed by atoms with E-state index in [1.54, 1.807) is 6.92 Å². The highest BCUT2D eigenvalue weighted by Gasteiger charge is 2.53. The molecular formula is C12H18O3. The van der Waals surface area contributed by atoms with E-state index in [0.717, 1.165) is 25.7 Å². The van der Waals surface area contributed by atoms with E-state index < -0.39 is 5.41 Å². The molecule has 0 unspecified atom stereocenters. The van der Waals surface area contributed by atoms with Crippen LogP contribution in [0.15, 0.2) is 0 Å². The van der Waals surface area contributed by atoms with Crippen LogP contribution < -0.4 is 0 Å². The minimum absolute atomic E-state index is 0.136. The summed E-state index contributed by atoms with van der Waals surface area (Å²) in [6.07, 6.45) is 5.35. The van der Waals surface area contributed by atoms with Crippen LogP contribution in [-0.2, 0) is 14.3 Å². The lowest BCUT2D eigenvalue weighted by atomic mass is 9.61. The first kappa shape index (κ1) is 10.7. The van der Waals surface area contributed by atoms with Gasteiger partial charge in [-0.3, -0.25) is 9.59 Å². The maximum atomic E-state index is 12.1. The Balaban J connectivity index is 2.23. The molecular weight excluding hydrogens is 192 g/mol. The van der Waals surface area contributed by atoms with E-state index in [1.807, 2.05) is 0 Å². The number of hydrogen-bond acceptors (Lipinski definition) is 3. The molecule has 3 nitrogen and oxygen atoms in total. The van der Waals surface area contributed by atoms with Gasteiger partial charge in [0.1, 0.15) is 5.41 Å². The number of esters is 1. The molecule has 2 saturated carbocycles. The van der Waals surface area contributed by atoms with Crippen molar-refractivity contribution in [3.05, 3.63) is 0 Å². The fraction of sp³-hybridized carbons (Fsp3) is 0.833. The molecule has 0 aliphatic heterocycles. The molecule has 0 saturated heterocycles. The second kappa shape index (κ2) is 3.95. The Morgan fingerprint density at radius 3 is 2.53 bits per heavy atom. The van der Waals surface area contributed by atoms with Crippen LogP contribution in [0, 0.1) is 11.3 Å². The summed E-state index contributed by atoms with van der Waals surface area (Å²) in [7, 11) is 0. The Morgan fingerprint density at radius 1 is 1.40 bits per heavy atom. The third-order valence-electron chi connectivity index (χ3n) is 3.82. The van der Waals surface area contributed by atoms with Crippen LogP contribution in [0.2, 0.25) is 0 Å². The third-order valence-corrected chi connectivity index (χ3v) is 3.82. The van der Waals surface area contributed by atoms with Crippen molar-refractivity contribution in [1.29, 1.82) is 0 Å². The van der Waals surface area contributed by atoms with E-state index in [0.29, 0.717) is 19.4 Å². The summed E-state index contributed by atoms with van der Waals surface area (Å²) >= 11 is 0. The van der Waals surface area contributed by atoms with Crippen LogP contribution in [0.4, 0.5) is 0 Å². The van der Waals surface area contributed by atoms with Crippen molar-refractivity contribution in [3.8, 4) is 0 Å². The fourth-order valence-corrected chi connectivity index (χ4v) is 3.04. The van der Waals surface area contributed by atoms with Gasteiger partial charge in [-0.1, -0.05) is 12.8 Å². The molecule has 0 amide bonds. The summed E-state index contributed by atoms with van der Waals surface area (Å²) in [5.41, 5.74) is -0.753. The molecule has 2 rings (SSSR count). The van der Waals surface area contributed by atoms with Gasteiger partial charge in [0, 0.05) is 5.92 Å². The van der Waals surface area contributed by atoms with E-state index in [-0.39, 0.29) is 17.7 Å². The minimum atomic E-state index is -0.753. The van der Waals surface area contributed by atoms with Gasteiger partial charge in [-0.15, -0.1) is 0 Å². The molecule has 2 bridgehead atoms. The zero-order valence-corrected chi connectivity index (χ0v) is 9.25. The molecule has 84 valence electrons. The molecule has 2 aliphatic rings. The van der Waals surface area contributed by atoms with E-state index in [2.05, 4.69) is 0 Å². The van der Waals surface area contributed by atoms with Crippen molar-refractivity contribution < 1.29 is 14.3 Å². The molecule has 0 atom stereocenters. The zero-order valence-electron chi connectivity index (χ0n) is 9.25. The monoisotopic (exact) mass is 210 g/mol. The Kier molecular flexibility index (Phi) is 2.81. The van der Waals surface area contributed by atoms with Crippen LogP contribution in [-0.4, -0.2) is 18.4 Å². The van der Waals surface area contributed by atoms with Crippen LogP contribution in [0.3, 0.4) is 0 Å². The number of ketones is 1. The molecule has 0 N–H and O–H groups in total. The van der Waals surface area contributed by atoms with Crippen molar-refractivity contribution in [2.45, 2.75) is 45.4 Å². The number of fused-ring (bicyclic) bond motifs is 2. The average molecular weight is 210 g/mol. The van der Waals surface area contributed by atoms with E-state index in [4.69, 9.17) is 4.74 Å². The lowest BCUT2D eigenvalue weighted by Gasteiger charge is -2.41. The largest absolute Gasteiger partial charge is 0.465 e. The molecule has 0 spiro atoms. The summed E-state index contributed by atoms with van der Waals surface area (Å²) < 4.78 is 5.07. The highest BCUT2D eigenvalue weighted by molar-refractivity contribution is 6.05. The molecule has 0 aromatic rings. The quantitative estimate of drug-likeness (QED) is 0.517. The van der Waals surface area contributed by atoms with Crippen molar-refractivity contribution in [3.63, 3.8) is 0 Å². The number of Topliss-reactive ketones (excluding diaryl/α,β-unsaturated/α-hetero) is 1. The summed E-state index contributed by atoms with van der Waals surface area (Å²) in [5.74, 6) is 0.0368. The van der Waals surface area contributed by atoms with Gasteiger partial charge in [-0.25, -0.2) is 0 Å². The SMILES string of the molecule is CCOC(=O)C12CCCC(CCC1)C2=O. The predicted octanol–water partition coefficient (Wildman–Crippen LogP) is 2.09. The van der Waals surface area contributed by atoms with Gasteiger partial charge >= 0.3 is 5.97 Å². The zero-order chi connectivity index (χ0) is 10.9. The van der Waals surface area contributed by atoms with Gasteiger partial charge in [-0.05, 0) is 32.6 Å². The Labute approximate surface area is 90.2 Å². The smallest absolute Gasteiger partial charge is 0.319 e. The number of ether oxygens (including phenoxy) is 1. The van der Waals surface area contributed by atoms with Gasteiger partial charge < -0.3 is 4.74 Å². The lowest BCUT2D eigenvalue weighted by Crippen LogP contribution is -2.49. The molecule has 2 aliphatic carbocycles. The third kappa shape index (κ3) is 1.58. The Hall–Kier alpha value is -0.860. The first-order valence-electron chi connectivity index (χ1n) is 5.92. The Bertz CT molecular complexity index is 273. The maximum absolute atomic E-state index is 12.1. The van der Waals surface area contributed by atoms with Crippen LogP contribution in [0.25, 0.3) is 0 Å². The number of carbonyl (C=O) groups excluding carboxylic acids is 2. The van der Waals surface area contributed by atoms with Crippen LogP contribution >= 0.6 is 0 Å².